The Kier molecular flexibility index (Phi) is 3.55. The molecule has 18 heavy (non-hydrogen) atoms. The van der Waals surface area contributed by atoms with Crippen LogP contribution in [0.4, 0.5) is 0 Å². The molecule has 1 aromatic carbocycles. The summed E-state index contributed by atoms with van der Waals surface area (Å²) in [5.41, 5.74) is 1.36. The molecule has 0 fully saturated rings. The first-order valence-electron chi connectivity index (χ1n) is 6.06. The Morgan fingerprint density at radius 3 is 2.78 bits per heavy atom. The second-order valence-electron chi connectivity index (χ2n) is 4.32. The lowest BCUT2D eigenvalue weighted by molar-refractivity contribution is 0.0520. The van der Waals surface area contributed by atoms with Crippen molar-refractivity contribution in [2.24, 2.45) is 0 Å². The average Bonchev–Trinajstić information content (AvgIpc) is 2.71. The fourth-order valence-corrected chi connectivity index (χ4v) is 1.78. The van der Waals surface area contributed by atoms with Crippen LogP contribution in [0.2, 0.25) is 0 Å². The molecule has 0 aliphatic rings. The lowest BCUT2D eigenvalue weighted by Gasteiger charge is -2.08. The van der Waals surface area contributed by atoms with Gasteiger partial charge in [-0.2, -0.15) is 0 Å². The van der Waals surface area contributed by atoms with E-state index < -0.39 is 0 Å². The van der Waals surface area contributed by atoms with E-state index in [-0.39, 0.29) is 12.1 Å². The summed E-state index contributed by atoms with van der Waals surface area (Å²) in [6.45, 7) is 6.11. The van der Waals surface area contributed by atoms with Crippen molar-refractivity contribution in [2.75, 3.05) is 6.61 Å². The standard InChI is InChI=1S/C14H17NO3/c1-4-17-14(16)13-8-10-7-11(18-9(2)3)5-6-12(10)15-13/h5-9,15H,4H2,1-3H3. The molecule has 0 saturated heterocycles. The van der Waals surface area contributed by atoms with Crippen LogP contribution in [0.3, 0.4) is 0 Å². The first-order chi connectivity index (χ1) is 8.60. The van der Waals surface area contributed by atoms with Gasteiger partial charge in [0.25, 0.3) is 0 Å². The molecule has 96 valence electrons. The third-order valence-electron chi connectivity index (χ3n) is 2.46. The van der Waals surface area contributed by atoms with Gasteiger partial charge in [-0.1, -0.05) is 0 Å². The van der Waals surface area contributed by atoms with Gasteiger partial charge in [0.1, 0.15) is 11.4 Å². The zero-order valence-corrected chi connectivity index (χ0v) is 10.8. The Hall–Kier alpha value is -1.97. The Balaban J connectivity index is 2.30. The van der Waals surface area contributed by atoms with Gasteiger partial charge in [-0.3, -0.25) is 0 Å². The van der Waals surface area contributed by atoms with Crippen molar-refractivity contribution in [3.05, 3.63) is 30.0 Å². The fraction of sp³-hybridized carbons (Fsp3) is 0.357. The van der Waals surface area contributed by atoms with E-state index >= 15 is 0 Å². The minimum atomic E-state index is -0.333. The molecule has 1 aromatic heterocycles. The highest BCUT2D eigenvalue weighted by Crippen LogP contribution is 2.22. The maximum atomic E-state index is 11.6. The summed E-state index contributed by atoms with van der Waals surface area (Å²) < 4.78 is 10.6. The molecular weight excluding hydrogens is 230 g/mol. The summed E-state index contributed by atoms with van der Waals surface area (Å²) in [6, 6.07) is 7.47. The van der Waals surface area contributed by atoms with Crippen molar-refractivity contribution in [3.63, 3.8) is 0 Å². The van der Waals surface area contributed by atoms with Crippen molar-refractivity contribution < 1.29 is 14.3 Å². The van der Waals surface area contributed by atoms with E-state index in [0.717, 1.165) is 16.7 Å². The predicted molar refractivity (Wildman–Crippen MR) is 70.0 cm³/mol. The van der Waals surface area contributed by atoms with Crippen LogP contribution in [-0.4, -0.2) is 23.7 Å². The highest BCUT2D eigenvalue weighted by atomic mass is 16.5. The summed E-state index contributed by atoms with van der Waals surface area (Å²) >= 11 is 0. The number of H-pyrrole nitrogens is 1. The topological polar surface area (TPSA) is 51.3 Å². The minimum Gasteiger partial charge on any atom is -0.491 e. The monoisotopic (exact) mass is 247 g/mol. The number of rotatable bonds is 4. The molecular formula is C14H17NO3. The number of esters is 1. The normalized spacial score (nSPS) is 10.9. The molecule has 0 aliphatic heterocycles. The van der Waals surface area contributed by atoms with Gasteiger partial charge in [0, 0.05) is 10.9 Å². The van der Waals surface area contributed by atoms with Crippen LogP contribution in [0.5, 0.6) is 5.75 Å². The summed E-state index contributed by atoms with van der Waals surface area (Å²) in [4.78, 5) is 14.6. The van der Waals surface area contributed by atoms with Crippen LogP contribution in [0.25, 0.3) is 10.9 Å². The van der Waals surface area contributed by atoms with Gasteiger partial charge in [-0.15, -0.1) is 0 Å². The molecule has 0 spiro atoms. The quantitative estimate of drug-likeness (QED) is 0.844. The minimum absolute atomic E-state index is 0.130. The zero-order valence-electron chi connectivity index (χ0n) is 10.8. The van der Waals surface area contributed by atoms with Crippen LogP contribution in [0.1, 0.15) is 31.3 Å². The molecule has 1 N–H and O–H groups in total. The predicted octanol–water partition coefficient (Wildman–Crippen LogP) is 3.13. The number of aromatic nitrogens is 1. The highest BCUT2D eigenvalue weighted by molar-refractivity contribution is 5.95. The zero-order chi connectivity index (χ0) is 13.1. The van der Waals surface area contributed by atoms with E-state index in [0.29, 0.717) is 12.3 Å². The molecule has 0 aliphatic carbocycles. The van der Waals surface area contributed by atoms with Crippen molar-refractivity contribution in [1.29, 1.82) is 0 Å². The molecule has 2 aromatic rings. The second-order valence-corrected chi connectivity index (χ2v) is 4.32. The van der Waals surface area contributed by atoms with E-state index in [9.17, 15) is 4.79 Å². The molecule has 0 radical (unpaired) electrons. The number of hydrogen-bond acceptors (Lipinski definition) is 3. The maximum absolute atomic E-state index is 11.6. The molecule has 4 nitrogen and oxygen atoms in total. The third-order valence-corrected chi connectivity index (χ3v) is 2.46. The van der Waals surface area contributed by atoms with Gasteiger partial charge in [0.2, 0.25) is 0 Å². The molecule has 0 bridgehead atoms. The number of carbonyl (C=O) groups excluding carboxylic acids is 1. The van der Waals surface area contributed by atoms with Gasteiger partial charge < -0.3 is 14.5 Å². The smallest absolute Gasteiger partial charge is 0.354 e. The summed E-state index contributed by atoms with van der Waals surface area (Å²) in [5, 5.41) is 0.941. The SMILES string of the molecule is CCOC(=O)c1cc2cc(OC(C)C)ccc2[nH]1. The van der Waals surface area contributed by atoms with Gasteiger partial charge >= 0.3 is 5.97 Å². The lowest BCUT2D eigenvalue weighted by atomic mass is 10.2. The number of benzene rings is 1. The van der Waals surface area contributed by atoms with Crippen LogP contribution in [0.15, 0.2) is 24.3 Å². The Labute approximate surface area is 106 Å². The number of carbonyl (C=O) groups is 1. The molecule has 0 amide bonds. The van der Waals surface area contributed by atoms with Crippen LogP contribution < -0.4 is 4.74 Å². The number of hydrogen-bond donors (Lipinski definition) is 1. The Bertz CT molecular complexity index is 557. The number of fused-ring (bicyclic) bond motifs is 1. The second kappa shape index (κ2) is 5.12. The summed E-state index contributed by atoms with van der Waals surface area (Å²) in [7, 11) is 0. The number of nitrogens with one attached hydrogen (secondary N) is 1. The van der Waals surface area contributed by atoms with E-state index in [1.54, 1.807) is 13.0 Å². The van der Waals surface area contributed by atoms with E-state index in [1.165, 1.54) is 0 Å². The molecule has 0 unspecified atom stereocenters. The van der Waals surface area contributed by atoms with Crippen LogP contribution in [-0.2, 0) is 4.74 Å². The molecule has 1 heterocycles. The number of ether oxygens (including phenoxy) is 2. The summed E-state index contributed by atoms with van der Waals surface area (Å²) in [5.74, 6) is 0.465. The largest absolute Gasteiger partial charge is 0.491 e. The first kappa shape index (κ1) is 12.5. The Morgan fingerprint density at radius 2 is 2.11 bits per heavy atom. The van der Waals surface area contributed by atoms with E-state index in [4.69, 9.17) is 9.47 Å². The van der Waals surface area contributed by atoms with Gasteiger partial charge in [-0.25, -0.2) is 4.79 Å². The molecule has 4 heteroatoms. The van der Waals surface area contributed by atoms with Crippen molar-refractivity contribution in [1.82, 2.24) is 4.98 Å². The van der Waals surface area contributed by atoms with Gasteiger partial charge in [0.05, 0.1) is 12.7 Å². The van der Waals surface area contributed by atoms with Crippen molar-refractivity contribution in [3.8, 4) is 5.75 Å². The van der Waals surface area contributed by atoms with Crippen LogP contribution >= 0.6 is 0 Å². The first-order valence-corrected chi connectivity index (χ1v) is 6.06. The Morgan fingerprint density at radius 1 is 1.33 bits per heavy atom. The molecule has 2 rings (SSSR count). The maximum Gasteiger partial charge on any atom is 0.354 e. The van der Waals surface area contributed by atoms with Crippen molar-refractivity contribution >= 4 is 16.9 Å². The van der Waals surface area contributed by atoms with Gasteiger partial charge in [0.15, 0.2) is 0 Å². The van der Waals surface area contributed by atoms with Crippen LogP contribution in [0, 0.1) is 0 Å². The average molecular weight is 247 g/mol. The van der Waals surface area contributed by atoms with E-state index in [2.05, 4.69) is 4.98 Å². The molecule has 0 saturated carbocycles. The lowest BCUT2D eigenvalue weighted by Crippen LogP contribution is -2.04. The van der Waals surface area contributed by atoms with Crippen molar-refractivity contribution in [2.45, 2.75) is 26.9 Å². The number of aromatic amines is 1. The van der Waals surface area contributed by atoms with Gasteiger partial charge in [-0.05, 0) is 45.0 Å². The highest BCUT2D eigenvalue weighted by Gasteiger charge is 2.10. The molecule has 0 atom stereocenters. The van der Waals surface area contributed by atoms with E-state index in [1.807, 2.05) is 32.0 Å². The fourth-order valence-electron chi connectivity index (χ4n) is 1.78. The summed E-state index contributed by atoms with van der Waals surface area (Å²) in [6.07, 6.45) is 0.130. The third kappa shape index (κ3) is 2.64.